The fourth-order valence-electron chi connectivity index (χ4n) is 3.01. The molecule has 27 heavy (non-hydrogen) atoms. The van der Waals surface area contributed by atoms with Crippen LogP contribution in [0.5, 0.6) is 0 Å². The third-order valence-electron chi connectivity index (χ3n) is 4.38. The monoisotopic (exact) mass is 370 g/mol. The number of nitrogens with one attached hydrogen (secondary N) is 1. The zero-order valence-electron chi connectivity index (χ0n) is 15.8. The van der Waals surface area contributed by atoms with Crippen LogP contribution in [-0.2, 0) is 23.2 Å². The minimum Gasteiger partial charge on any atom is -0.375 e. The van der Waals surface area contributed by atoms with Crippen LogP contribution in [0, 0.1) is 0 Å². The lowest BCUT2D eigenvalue weighted by molar-refractivity contribution is -0.120. The molecule has 0 aliphatic carbocycles. The van der Waals surface area contributed by atoms with Gasteiger partial charge in [0.25, 0.3) is 0 Å². The topological polar surface area (TPSA) is 75.0 Å². The lowest BCUT2D eigenvalue weighted by Crippen LogP contribution is -2.55. The van der Waals surface area contributed by atoms with Crippen molar-refractivity contribution in [3.63, 3.8) is 0 Å². The first-order valence-electron chi connectivity index (χ1n) is 9.03. The van der Waals surface area contributed by atoms with Crippen molar-refractivity contribution in [1.82, 2.24) is 20.0 Å². The van der Waals surface area contributed by atoms with Crippen LogP contribution in [0.15, 0.2) is 47.7 Å². The maximum atomic E-state index is 12.5. The van der Waals surface area contributed by atoms with E-state index in [0.29, 0.717) is 39.4 Å². The predicted octanol–water partition coefficient (Wildman–Crippen LogP) is 0.861. The summed E-state index contributed by atoms with van der Waals surface area (Å²) in [5.74, 6) is 0.759. The van der Waals surface area contributed by atoms with Crippen molar-refractivity contribution in [2.75, 3.05) is 44.7 Å². The zero-order valence-corrected chi connectivity index (χ0v) is 15.8. The summed E-state index contributed by atoms with van der Waals surface area (Å²) in [6, 6.07) is 10.1. The summed E-state index contributed by atoms with van der Waals surface area (Å²) < 4.78 is 7.38. The minimum atomic E-state index is 0.0394. The molecule has 0 radical (unpaired) electrons. The Labute approximate surface area is 159 Å². The van der Waals surface area contributed by atoms with Gasteiger partial charge in [0.15, 0.2) is 5.96 Å². The number of aromatic nitrogens is 2. The molecule has 1 aromatic carbocycles. The molecule has 3 rings (SSSR count). The number of aliphatic imine (C=N–C) groups is 1. The Bertz CT molecular complexity index is 774. The van der Waals surface area contributed by atoms with Crippen LogP contribution in [0.4, 0.5) is 5.69 Å². The number of ether oxygens (including phenoxy) is 1. The summed E-state index contributed by atoms with van der Waals surface area (Å²) in [6.45, 7) is 3.40. The molecule has 2 aromatic rings. The molecular formula is C19H26N6O2. The van der Waals surface area contributed by atoms with Crippen molar-refractivity contribution >= 4 is 17.6 Å². The summed E-state index contributed by atoms with van der Waals surface area (Å²) >= 11 is 0. The van der Waals surface area contributed by atoms with E-state index >= 15 is 0 Å². The van der Waals surface area contributed by atoms with Crippen LogP contribution in [-0.4, -0.2) is 66.4 Å². The van der Waals surface area contributed by atoms with Gasteiger partial charge in [-0.25, -0.2) is 0 Å². The maximum absolute atomic E-state index is 12.5. The Hall–Kier alpha value is -2.87. The summed E-state index contributed by atoms with van der Waals surface area (Å²) in [5, 5.41) is 7.40. The molecule has 1 aliphatic heterocycles. The van der Waals surface area contributed by atoms with Crippen LogP contribution in [0.2, 0.25) is 0 Å². The van der Waals surface area contributed by atoms with Crippen LogP contribution in [0.3, 0.4) is 0 Å². The standard InChI is InChI=1S/C19H26N6O2/c1-20-19(21-8-11-27-15-16-6-4-3-5-7-16)24-9-10-25(18(26)14-24)17-12-22-23(2)13-17/h3-7,12-13H,8-11,14-15H2,1-2H3,(H,20,21). The normalized spacial score (nSPS) is 15.3. The van der Waals surface area contributed by atoms with Crippen molar-refractivity contribution in [2.45, 2.75) is 6.61 Å². The molecule has 1 aliphatic rings. The number of guanidine groups is 1. The van der Waals surface area contributed by atoms with Gasteiger partial charge in [0.05, 0.1) is 25.1 Å². The Kier molecular flexibility index (Phi) is 6.43. The molecule has 8 heteroatoms. The molecule has 1 N–H and O–H groups in total. The number of hydrogen-bond donors (Lipinski definition) is 1. The van der Waals surface area contributed by atoms with Gasteiger partial charge < -0.3 is 19.9 Å². The van der Waals surface area contributed by atoms with Crippen molar-refractivity contribution in [3.8, 4) is 0 Å². The lowest BCUT2D eigenvalue weighted by Gasteiger charge is -2.35. The Balaban J connectivity index is 1.42. The Morgan fingerprint density at radius 2 is 2.11 bits per heavy atom. The smallest absolute Gasteiger partial charge is 0.246 e. The molecule has 0 atom stereocenters. The van der Waals surface area contributed by atoms with E-state index in [1.165, 1.54) is 0 Å². The highest BCUT2D eigenvalue weighted by Gasteiger charge is 2.27. The average Bonchev–Trinajstić information content (AvgIpc) is 3.11. The van der Waals surface area contributed by atoms with Gasteiger partial charge in [-0.3, -0.25) is 14.5 Å². The number of hydrogen-bond acceptors (Lipinski definition) is 4. The van der Waals surface area contributed by atoms with E-state index in [0.717, 1.165) is 17.2 Å². The molecule has 0 unspecified atom stereocenters. The van der Waals surface area contributed by atoms with E-state index in [9.17, 15) is 4.79 Å². The van der Waals surface area contributed by atoms with Gasteiger partial charge in [0, 0.05) is 39.9 Å². The average molecular weight is 370 g/mol. The fourth-order valence-corrected chi connectivity index (χ4v) is 3.01. The summed E-state index contributed by atoms with van der Waals surface area (Å²) in [6.07, 6.45) is 3.56. The summed E-state index contributed by atoms with van der Waals surface area (Å²) in [4.78, 5) is 20.5. The molecule has 0 saturated carbocycles. The van der Waals surface area contributed by atoms with Crippen LogP contribution in [0.25, 0.3) is 0 Å². The summed E-state index contributed by atoms with van der Waals surface area (Å²) in [7, 11) is 3.57. The van der Waals surface area contributed by atoms with E-state index in [-0.39, 0.29) is 5.91 Å². The van der Waals surface area contributed by atoms with Crippen LogP contribution < -0.4 is 10.2 Å². The highest BCUT2D eigenvalue weighted by Crippen LogP contribution is 2.15. The number of aryl methyl sites for hydroxylation is 1. The van der Waals surface area contributed by atoms with E-state index in [1.807, 2.05) is 48.5 Å². The number of anilines is 1. The van der Waals surface area contributed by atoms with Crippen LogP contribution >= 0.6 is 0 Å². The van der Waals surface area contributed by atoms with Crippen LogP contribution in [0.1, 0.15) is 5.56 Å². The van der Waals surface area contributed by atoms with E-state index < -0.39 is 0 Å². The molecular weight excluding hydrogens is 344 g/mol. The Morgan fingerprint density at radius 3 is 2.78 bits per heavy atom. The van der Waals surface area contributed by atoms with E-state index in [4.69, 9.17) is 4.74 Å². The maximum Gasteiger partial charge on any atom is 0.246 e. The zero-order chi connectivity index (χ0) is 19.1. The molecule has 2 heterocycles. The van der Waals surface area contributed by atoms with Gasteiger partial charge >= 0.3 is 0 Å². The van der Waals surface area contributed by atoms with Gasteiger partial charge in [0.2, 0.25) is 5.91 Å². The van der Waals surface area contributed by atoms with Crippen molar-refractivity contribution in [2.24, 2.45) is 12.0 Å². The molecule has 1 amide bonds. The predicted molar refractivity (Wildman–Crippen MR) is 105 cm³/mol. The Morgan fingerprint density at radius 1 is 1.30 bits per heavy atom. The quantitative estimate of drug-likeness (QED) is 0.464. The molecule has 1 saturated heterocycles. The number of nitrogens with zero attached hydrogens (tertiary/aromatic N) is 5. The number of carbonyl (C=O) groups excluding carboxylic acids is 1. The number of carbonyl (C=O) groups is 1. The number of benzene rings is 1. The van der Waals surface area contributed by atoms with Gasteiger partial charge in [-0.2, -0.15) is 5.10 Å². The summed E-state index contributed by atoms with van der Waals surface area (Å²) in [5.41, 5.74) is 1.98. The SMILES string of the molecule is CN=C(NCCOCc1ccccc1)N1CCN(c2cnn(C)c2)C(=O)C1. The molecule has 144 valence electrons. The fraction of sp³-hybridized carbons (Fsp3) is 0.421. The van der Waals surface area contributed by atoms with Crippen molar-refractivity contribution in [1.29, 1.82) is 0 Å². The van der Waals surface area contributed by atoms with E-state index in [2.05, 4.69) is 15.4 Å². The number of piperazine rings is 1. The molecule has 0 bridgehead atoms. The van der Waals surface area contributed by atoms with Gasteiger partial charge in [0.1, 0.15) is 6.54 Å². The number of amides is 1. The molecule has 8 nitrogen and oxygen atoms in total. The second-order valence-electron chi connectivity index (χ2n) is 6.35. The number of rotatable bonds is 6. The van der Waals surface area contributed by atoms with Crippen molar-refractivity contribution in [3.05, 3.63) is 48.3 Å². The molecule has 0 spiro atoms. The first-order chi connectivity index (χ1) is 13.2. The minimum absolute atomic E-state index is 0.0394. The largest absolute Gasteiger partial charge is 0.375 e. The second-order valence-corrected chi connectivity index (χ2v) is 6.35. The highest BCUT2D eigenvalue weighted by atomic mass is 16.5. The third kappa shape index (κ3) is 5.07. The lowest BCUT2D eigenvalue weighted by atomic mass is 10.2. The third-order valence-corrected chi connectivity index (χ3v) is 4.38. The first-order valence-corrected chi connectivity index (χ1v) is 9.03. The second kappa shape index (κ2) is 9.18. The molecule has 1 aromatic heterocycles. The highest BCUT2D eigenvalue weighted by molar-refractivity contribution is 5.98. The van der Waals surface area contributed by atoms with Gasteiger partial charge in [-0.05, 0) is 5.56 Å². The van der Waals surface area contributed by atoms with E-state index in [1.54, 1.807) is 22.8 Å². The van der Waals surface area contributed by atoms with Gasteiger partial charge in [-0.1, -0.05) is 30.3 Å². The molecule has 1 fully saturated rings. The van der Waals surface area contributed by atoms with Crippen molar-refractivity contribution < 1.29 is 9.53 Å². The van der Waals surface area contributed by atoms with Gasteiger partial charge in [-0.15, -0.1) is 0 Å². The first kappa shape index (κ1) is 18.9.